The Morgan fingerprint density at radius 2 is 1.79 bits per heavy atom. The third kappa shape index (κ3) is 4.18. The van der Waals surface area contributed by atoms with Crippen molar-refractivity contribution in [3.05, 3.63) is 12.7 Å². The van der Waals surface area contributed by atoms with Gasteiger partial charge in [0, 0.05) is 18.4 Å². The molecule has 0 saturated heterocycles. The smallest absolute Gasteiger partial charge is 0.453 e. The van der Waals surface area contributed by atoms with Gasteiger partial charge in [0.25, 0.3) is 0 Å². The first-order valence-corrected chi connectivity index (χ1v) is 5.95. The van der Waals surface area contributed by atoms with E-state index in [0.717, 1.165) is 6.08 Å². The summed E-state index contributed by atoms with van der Waals surface area (Å²) in [6.45, 7) is 3.16. The van der Waals surface area contributed by atoms with Crippen LogP contribution in [-0.2, 0) is 9.53 Å². The van der Waals surface area contributed by atoms with E-state index in [1.54, 1.807) is 0 Å². The number of esters is 1. The first-order valence-electron chi connectivity index (χ1n) is 5.95. The average Bonchev–Trinajstić information content (AvgIpc) is 2.29. The summed E-state index contributed by atoms with van der Waals surface area (Å²) in [7, 11) is 0. The van der Waals surface area contributed by atoms with Crippen molar-refractivity contribution in [2.75, 3.05) is 0 Å². The Bertz CT molecular complexity index is 338. The molecule has 2 nitrogen and oxygen atoms in total. The highest BCUT2D eigenvalue weighted by Gasteiger charge is 2.58. The van der Waals surface area contributed by atoms with Crippen LogP contribution in [0.15, 0.2) is 12.7 Å². The Balaban J connectivity index is 2.72. The molecule has 1 rings (SSSR count). The van der Waals surface area contributed by atoms with Crippen LogP contribution < -0.4 is 0 Å². The molecule has 0 aliphatic heterocycles. The van der Waals surface area contributed by atoms with Gasteiger partial charge in [-0.3, -0.25) is 0 Å². The molecular weight excluding hydrogens is 271 g/mol. The summed E-state index contributed by atoms with van der Waals surface area (Å²) >= 11 is 0. The molecule has 0 heterocycles. The molecule has 19 heavy (non-hydrogen) atoms. The van der Waals surface area contributed by atoms with Gasteiger partial charge in [-0.15, -0.1) is 0 Å². The van der Waals surface area contributed by atoms with E-state index >= 15 is 0 Å². The van der Waals surface area contributed by atoms with Crippen molar-refractivity contribution in [1.82, 2.24) is 0 Å². The quantitative estimate of drug-likeness (QED) is 0.445. The molecular formula is C12H15F5O2. The molecule has 0 radical (unpaired) electrons. The number of carbonyl (C=O) groups excluding carboxylic acids is 1. The third-order valence-electron chi connectivity index (χ3n) is 3.21. The Labute approximate surface area is 107 Å². The lowest BCUT2D eigenvalue weighted by Gasteiger charge is -2.33. The zero-order chi connectivity index (χ0) is 14.7. The van der Waals surface area contributed by atoms with Crippen molar-refractivity contribution in [1.29, 1.82) is 0 Å². The van der Waals surface area contributed by atoms with Gasteiger partial charge in [0.15, 0.2) is 0 Å². The molecule has 2 unspecified atom stereocenters. The predicted octanol–water partition coefficient (Wildman–Crippen LogP) is 3.86. The number of rotatable bonds is 4. The van der Waals surface area contributed by atoms with E-state index < -0.39 is 36.5 Å². The summed E-state index contributed by atoms with van der Waals surface area (Å²) in [5.74, 6) is -6.53. The Morgan fingerprint density at radius 1 is 1.21 bits per heavy atom. The molecule has 0 aromatic heterocycles. The van der Waals surface area contributed by atoms with Gasteiger partial charge in [-0.2, -0.15) is 22.0 Å². The first-order chi connectivity index (χ1) is 8.67. The number of hydrogen-bond acceptors (Lipinski definition) is 2. The van der Waals surface area contributed by atoms with E-state index in [4.69, 9.17) is 4.74 Å². The summed E-state index contributed by atoms with van der Waals surface area (Å²) in [5, 5.41) is 0. The maximum Gasteiger partial charge on any atom is 0.453 e. The van der Waals surface area contributed by atoms with Crippen LogP contribution in [0.2, 0.25) is 0 Å². The average molecular weight is 286 g/mol. The molecule has 0 N–H and O–H groups in total. The van der Waals surface area contributed by atoms with Crippen molar-refractivity contribution < 1.29 is 31.5 Å². The molecule has 0 aromatic carbocycles. The molecule has 2 atom stereocenters. The second kappa shape index (κ2) is 5.88. The second-order valence-electron chi connectivity index (χ2n) is 4.63. The van der Waals surface area contributed by atoms with Gasteiger partial charge in [0.05, 0.1) is 0 Å². The summed E-state index contributed by atoms with van der Waals surface area (Å²) < 4.78 is 67.4. The molecule has 0 bridgehead atoms. The maximum atomic E-state index is 13.0. The van der Waals surface area contributed by atoms with Crippen LogP contribution in [0.1, 0.15) is 32.1 Å². The van der Waals surface area contributed by atoms with Gasteiger partial charge in [0.2, 0.25) is 0 Å². The summed E-state index contributed by atoms with van der Waals surface area (Å²) in [5.41, 5.74) is 0. The molecule has 0 aromatic rings. The van der Waals surface area contributed by atoms with Crippen LogP contribution in [0.3, 0.4) is 0 Å². The van der Waals surface area contributed by atoms with Gasteiger partial charge in [0.1, 0.15) is 6.10 Å². The van der Waals surface area contributed by atoms with E-state index in [1.807, 2.05) is 0 Å². The number of halogens is 5. The van der Waals surface area contributed by atoms with E-state index in [-0.39, 0.29) is 6.42 Å². The Hall–Kier alpha value is -1.14. The first kappa shape index (κ1) is 15.9. The number of ether oxygens (including phenoxy) is 1. The number of carbonyl (C=O) groups is 1. The van der Waals surface area contributed by atoms with Gasteiger partial charge in [-0.1, -0.05) is 13.0 Å². The fourth-order valence-electron chi connectivity index (χ4n) is 2.20. The van der Waals surface area contributed by atoms with Crippen molar-refractivity contribution in [3.8, 4) is 0 Å². The highest BCUT2D eigenvalue weighted by Crippen LogP contribution is 2.43. The zero-order valence-corrected chi connectivity index (χ0v) is 10.2. The van der Waals surface area contributed by atoms with Gasteiger partial charge < -0.3 is 4.74 Å². The molecule has 0 amide bonds. The fourth-order valence-corrected chi connectivity index (χ4v) is 2.20. The van der Waals surface area contributed by atoms with Crippen LogP contribution in [0.5, 0.6) is 0 Å². The molecule has 0 spiro atoms. The normalized spacial score (nSPS) is 24.9. The predicted molar refractivity (Wildman–Crippen MR) is 57.7 cm³/mol. The van der Waals surface area contributed by atoms with Crippen molar-refractivity contribution in [3.63, 3.8) is 0 Å². The maximum absolute atomic E-state index is 13.0. The SMILES string of the molecule is C=CC(=O)OC1CCCCC1CC(F)(F)C(F)(F)F. The van der Waals surface area contributed by atoms with Gasteiger partial charge in [-0.05, 0) is 19.3 Å². The molecule has 1 aliphatic carbocycles. The molecule has 1 aliphatic rings. The molecule has 7 heteroatoms. The fraction of sp³-hybridized carbons (Fsp3) is 0.750. The van der Waals surface area contributed by atoms with E-state index in [1.165, 1.54) is 0 Å². The lowest BCUT2D eigenvalue weighted by atomic mass is 9.82. The van der Waals surface area contributed by atoms with Crippen LogP contribution in [0.25, 0.3) is 0 Å². The van der Waals surface area contributed by atoms with Crippen LogP contribution >= 0.6 is 0 Å². The highest BCUT2D eigenvalue weighted by atomic mass is 19.4. The summed E-state index contributed by atoms with van der Waals surface area (Å²) in [6, 6.07) is 0. The van der Waals surface area contributed by atoms with Crippen molar-refractivity contribution >= 4 is 5.97 Å². The van der Waals surface area contributed by atoms with Crippen molar-refractivity contribution in [2.45, 2.75) is 50.3 Å². The molecule has 110 valence electrons. The van der Waals surface area contributed by atoms with Crippen molar-refractivity contribution in [2.24, 2.45) is 5.92 Å². The number of alkyl halides is 5. The van der Waals surface area contributed by atoms with E-state index in [0.29, 0.717) is 19.3 Å². The Morgan fingerprint density at radius 3 is 2.32 bits per heavy atom. The van der Waals surface area contributed by atoms with Crippen LogP contribution in [-0.4, -0.2) is 24.2 Å². The topological polar surface area (TPSA) is 26.3 Å². The standard InChI is InChI=1S/C12H15F5O2/c1-2-10(18)19-9-6-4-3-5-8(9)7-11(13,14)12(15,16)17/h2,8-9H,1,3-7H2. The minimum atomic E-state index is -5.57. The molecule has 1 saturated carbocycles. The largest absolute Gasteiger partial charge is 0.459 e. The lowest BCUT2D eigenvalue weighted by molar-refractivity contribution is -0.290. The summed E-state index contributed by atoms with van der Waals surface area (Å²) in [4.78, 5) is 11.0. The third-order valence-corrected chi connectivity index (χ3v) is 3.21. The highest BCUT2D eigenvalue weighted by molar-refractivity contribution is 5.81. The van der Waals surface area contributed by atoms with E-state index in [9.17, 15) is 26.7 Å². The Kier molecular flexibility index (Phi) is 4.92. The lowest BCUT2D eigenvalue weighted by Crippen LogP contribution is -2.42. The zero-order valence-electron chi connectivity index (χ0n) is 10.2. The van der Waals surface area contributed by atoms with Gasteiger partial charge in [-0.25, -0.2) is 4.79 Å². The monoisotopic (exact) mass is 286 g/mol. The summed E-state index contributed by atoms with van der Waals surface area (Å²) in [6.07, 6.45) is -5.24. The second-order valence-corrected chi connectivity index (χ2v) is 4.63. The minimum absolute atomic E-state index is 0.195. The van der Waals surface area contributed by atoms with Crippen LogP contribution in [0, 0.1) is 5.92 Å². The molecule has 1 fully saturated rings. The number of hydrogen-bond donors (Lipinski definition) is 0. The van der Waals surface area contributed by atoms with Gasteiger partial charge >= 0.3 is 18.1 Å². The van der Waals surface area contributed by atoms with Crippen LogP contribution in [0.4, 0.5) is 22.0 Å². The van der Waals surface area contributed by atoms with E-state index in [2.05, 4.69) is 6.58 Å². The minimum Gasteiger partial charge on any atom is -0.459 e.